The van der Waals surface area contributed by atoms with Crippen LogP contribution in [0.15, 0.2) is 30.3 Å². The summed E-state index contributed by atoms with van der Waals surface area (Å²) in [6.45, 7) is 3.42. The van der Waals surface area contributed by atoms with Crippen molar-refractivity contribution in [3.05, 3.63) is 35.9 Å². The Labute approximate surface area is 139 Å². The van der Waals surface area contributed by atoms with Crippen molar-refractivity contribution in [3.63, 3.8) is 0 Å². The number of hydrogen-bond acceptors (Lipinski definition) is 3. The van der Waals surface area contributed by atoms with Crippen LogP contribution in [0.4, 0.5) is 0 Å². The fourth-order valence-electron chi connectivity index (χ4n) is 2.78. The molecule has 0 spiro atoms. The van der Waals surface area contributed by atoms with Crippen molar-refractivity contribution in [2.24, 2.45) is 5.92 Å². The molecule has 2 rings (SSSR count). The summed E-state index contributed by atoms with van der Waals surface area (Å²) in [4.78, 5) is 12.2. The summed E-state index contributed by atoms with van der Waals surface area (Å²) in [6.07, 6.45) is 2.77. The molecule has 1 aromatic carbocycles. The minimum Gasteiger partial charge on any atom is -0.352 e. The standard InChI is InChI=1S/C17H26N2O3S/c1-2-3-13-23(21,22)19-11-9-16(10-12-19)17(20)18-14-15-7-5-4-6-8-15/h4-8,16H,2-3,9-14H2,1H3,(H,18,20). The molecule has 0 aliphatic carbocycles. The smallest absolute Gasteiger partial charge is 0.223 e. The Morgan fingerprint density at radius 2 is 1.87 bits per heavy atom. The van der Waals surface area contributed by atoms with E-state index >= 15 is 0 Å². The van der Waals surface area contributed by atoms with Crippen LogP contribution in [-0.4, -0.2) is 37.5 Å². The lowest BCUT2D eigenvalue weighted by Gasteiger charge is -2.30. The number of nitrogens with zero attached hydrogens (tertiary/aromatic N) is 1. The van der Waals surface area contributed by atoms with Gasteiger partial charge in [-0.15, -0.1) is 0 Å². The third-order valence-electron chi connectivity index (χ3n) is 4.28. The normalized spacial score (nSPS) is 17.1. The fourth-order valence-corrected chi connectivity index (χ4v) is 4.46. The molecule has 0 unspecified atom stereocenters. The molecule has 1 saturated heterocycles. The number of unbranched alkanes of at least 4 members (excludes halogenated alkanes) is 1. The largest absolute Gasteiger partial charge is 0.352 e. The van der Waals surface area contributed by atoms with Gasteiger partial charge in [-0.3, -0.25) is 4.79 Å². The summed E-state index contributed by atoms with van der Waals surface area (Å²) < 4.78 is 25.9. The van der Waals surface area contributed by atoms with E-state index in [0.29, 0.717) is 38.9 Å². The molecule has 0 bridgehead atoms. The van der Waals surface area contributed by atoms with Gasteiger partial charge in [0.25, 0.3) is 0 Å². The molecule has 0 radical (unpaired) electrons. The number of sulfonamides is 1. The molecule has 0 atom stereocenters. The minimum absolute atomic E-state index is 0.0273. The van der Waals surface area contributed by atoms with Crippen molar-refractivity contribution in [1.29, 1.82) is 0 Å². The molecule has 1 aliphatic rings. The van der Waals surface area contributed by atoms with Crippen molar-refractivity contribution >= 4 is 15.9 Å². The van der Waals surface area contributed by atoms with Gasteiger partial charge in [0.05, 0.1) is 5.75 Å². The number of nitrogens with one attached hydrogen (secondary N) is 1. The Bertz CT molecular complexity index is 594. The molecule has 6 heteroatoms. The third-order valence-corrected chi connectivity index (χ3v) is 6.24. The maximum Gasteiger partial charge on any atom is 0.223 e. The molecule has 1 fully saturated rings. The Balaban J connectivity index is 1.78. The van der Waals surface area contributed by atoms with Gasteiger partial charge in [-0.25, -0.2) is 12.7 Å². The second-order valence-electron chi connectivity index (χ2n) is 6.05. The van der Waals surface area contributed by atoms with Crippen molar-refractivity contribution in [3.8, 4) is 0 Å². The maximum atomic E-state index is 12.2. The summed E-state index contributed by atoms with van der Waals surface area (Å²) in [5.74, 6) is 0.157. The van der Waals surface area contributed by atoms with Crippen LogP contribution in [0.2, 0.25) is 0 Å². The first-order valence-corrected chi connectivity index (χ1v) is 9.93. The van der Waals surface area contributed by atoms with E-state index in [1.807, 2.05) is 37.3 Å². The topological polar surface area (TPSA) is 66.5 Å². The number of carbonyl (C=O) groups is 1. The monoisotopic (exact) mass is 338 g/mol. The molecule has 0 saturated carbocycles. The summed E-state index contributed by atoms with van der Waals surface area (Å²) >= 11 is 0. The number of rotatable bonds is 7. The number of carbonyl (C=O) groups excluding carboxylic acids is 1. The quantitative estimate of drug-likeness (QED) is 0.828. The SMILES string of the molecule is CCCCS(=O)(=O)N1CCC(C(=O)NCc2ccccc2)CC1. The van der Waals surface area contributed by atoms with Crippen LogP contribution in [0.25, 0.3) is 0 Å². The van der Waals surface area contributed by atoms with E-state index in [0.717, 1.165) is 12.0 Å². The molecule has 1 aromatic rings. The van der Waals surface area contributed by atoms with Gasteiger partial charge in [0, 0.05) is 25.6 Å². The maximum absolute atomic E-state index is 12.2. The Morgan fingerprint density at radius 1 is 1.22 bits per heavy atom. The highest BCUT2D eigenvalue weighted by Gasteiger charge is 2.30. The molecule has 1 N–H and O–H groups in total. The van der Waals surface area contributed by atoms with Gasteiger partial charge in [-0.05, 0) is 24.8 Å². The van der Waals surface area contributed by atoms with Crippen LogP contribution in [0.3, 0.4) is 0 Å². The summed E-state index contributed by atoms with van der Waals surface area (Å²) in [7, 11) is -3.15. The Hall–Kier alpha value is -1.40. The Kier molecular flexibility index (Phi) is 6.59. The van der Waals surface area contributed by atoms with Gasteiger partial charge in [0.15, 0.2) is 0 Å². The van der Waals surface area contributed by atoms with E-state index in [9.17, 15) is 13.2 Å². The third kappa shape index (κ3) is 5.32. The molecule has 5 nitrogen and oxygen atoms in total. The van der Waals surface area contributed by atoms with Gasteiger partial charge in [-0.2, -0.15) is 0 Å². The van der Waals surface area contributed by atoms with Crippen LogP contribution in [0.5, 0.6) is 0 Å². The van der Waals surface area contributed by atoms with Crippen LogP contribution in [-0.2, 0) is 21.4 Å². The van der Waals surface area contributed by atoms with E-state index in [2.05, 4.69) is 5.32 Å². The molecule has 1 aliphatic heterocycles. The lowest BCUT2D eigenvalue weighted by atomic mass is 9.97. The Morgan fingerprint density at radius 3 is 2.48 bits per heavy atom. The molecule has 1 amide bonds. The number of hydrogen-bond donors (Lipinski definition) is 1. The average Bonchev–Trinajstić information content (AvgIpc) is 2.59. The molecule has 1 heterocycles. The predicted molar refractivity (Wildman–Crippen MR) is 91.3 cm³/mol. The van der Waals surface area contributed by atoms with Crippen molar-refractivity contribution in [2.45, 2.75) is 39.2 Å². The molecule has 128 valence electrons. The van der Waals surface area contributed by atoms with E-state index in [1.54, 1.807) is 4.31 Å². The van der Waals surface area contributed by atoms with Gasteiger partial charge in [0.2, 0.25) is 15.9 Å². The average molecular weight is 338 g/mol. The van der Waals surface area contributed by atoms with Crippen molar-refractivity contribution in [2.75, 3.05) is 18.8 Å². The van der Waals surface area contributed by atoms with E-state index < -0.39 is 10.0 Å². The summed E-state index contributed by atoms with van der Waals surface area (Å²) in [5.41, 5.74) is 1.07. The van der Waals surface area contributed by atoms with E-state index in [4.69, 9.17) is 0 Å². The molecule has 0 aromatic heterocycles. The first-order valence-electron chi connectivity index (χ1n) is 8.32. The van der Waals surface area contributed by atoms with Crippen molar-refractivity contribution in [1.82, 2.24) is 9.62 Å². The number of benzene rings is 1. The number of amides is 1. The van der Waals surface area contributed by atoms with Crippen molar-refractivity contribution < 1.29 is 13.2 Å². The molecular formula is C17H26N2O3S. The fraction of sp³-hybridized carbons (Fsp3) is 0.588. The number of piperidine rings is 1. The summed E-state index contributed by atoms with van der Waals surface area (Å²) in [5, 5.41) is 2.95. The van der Waals surface area contributed by atoms with Crippen LogP contribution in [0, 0.1) is 5.92 Å². The zero-order valence-electron chi connectivity index (χ0n) is 13.7. The first-order chi connectivity index (χ1) is 11.0. The molecule has 23 heavy (non-hydrogen) atoms. The highest BCUT2D eigenvalue weighted by atomic mass is 32.2. The zero-order valence-corrected chi connectivity index (χ0v) is 14.5. The lowest BCUT2D eigenvalue weighted by molar-refractivity contribution is -0.126. The van der Waals surface area contributed by atoms with E-state index in [1.165, 1.54) is 0 Å². The molecular weight excluding hydrogens is 312 g/mol. The second kappa shape index (κ2) is 8.45. The minimum atomic E-state index is -3.15. The first kappa shape index (κ1) is 17.9. The van der Waals surface area contributed by atoms with Gasteiger partial charge in [0.1, 0.15) is 0 Å². The second-order valence-corrected chi connectivity index (χ2v) is 8.13. The van der Waals surface area contributed by atoms with Crippen LogP contribution in [0.1, 0.15) is 38.2 Å². The van der Waals surface area contributed by atoms with Gasteiger partial charge < -0.3 is 5.32 Å². The zero-order chi connectivity index (χ0) is 16.7. The van der Waals surface area contributed by atoms with Gasteiger partial charge in [-0.1, -0.05) is 43.7 Å². The predicted octanol–water partition coefficient (Wildman–Crippen LogP) is 2.14. The highest BCUT2D eigenvalue weighted by Crippen LogP contribution is 2.20. The highest BCUT2D eigenvalue weighted by molar-refractivity contribution is 7.89. The summed E-state index contributed by atoms with van der Waals surface area (Å²) in [6, 6.07) is 9.79. The van der Waals surface area contributed by atoms with Crippen LogP contribution >= 0.6 is 0 Å². The lowest BCUT2D eigenvalue weighted by Crippen LogP contribution is -2.43. The van der Waals surface area contributed by atoms with Crippen LogP contribution < -0.4 is 5.32 Å². The van der Waals surface area contributed by atoms with E-state index in [-0.39, 0.29) is 17.6 Å². The van der Waals surface area contributed by atoms with Gasteiger partial charge >= 0.3 is 0 Å².